The zero-order valence-corrected chi connectivity index (χ0v) is 11.0. The number of non-ortho nitro benzene ring substituents is 1. The van der Waals surface area contributed by atoms with Crippen LogP contribution in [-0.4, -0.2) is 35.1 Å². The second-order valence-corrected chi connectivity index (χ2v) is 4.21. The van der Waals surface area contributed by atoms with E-state index < -0.39 is 30.0 Å². The highest BCUT2D eigenvalue weighted by Crippen LogP contribution is 2.26. The molecule has 19 heavy (non-hydrogen) atoms. The molecule has 0 saturated carbocycles. The lowest BCUT2D eigenvalue weighted by atomic mass is 10.3. The number of nitrogens with one attached hydrogen (secondary N) is 1. The van der Waals surface area contributed by atoms with E-state index in [-0.39, 0.29) is 11.4 Å². The van der Waals surface area contributed by atoms with Gasteiger partial charge in [-0.05, 0) is 22.0 Å². The number of carbonyl (C=O) groups is 2. The van der Waals surface area contributed by atoms with Gasteiger partial charge in [0, 0.05) is 16.6 Å². The van der Waals surface area contributed by atoms with Gasteiger partial charge < -0.3 is 15.2 Å². The number of anilines is 1. The van der Waals surface area contributed by atoms with Gasteiger partial charge in [-0.2, -0.15) is 0 Å². The minimum absolute atomic E-state index is 0.176. The maximum absolute atomic E-state index is 11.4. The second kappa shape index (κ2) is 6.81. The zero-order valence-electron chi connectivity index (χ0n) is 9.46. The van der Waals surface area contributed by atoms with Crippen molar-refractivity contribution in [2.75, 3.05) is 18.5 Å². The van der Waals surface area contributed by atoms with Gasteiger partial charge in [-0.15, -0.1) is 0 Å². The van der Waals surface area contributed by atoms with Crippen molar-refractivity contribution in [1.82, 2.24) is 0 Å². The molecule has 0 aromatic heterocycles. The van der Waals surface area contributed by atoms with Crippen LogP contribution in [-0.2, 0) is 14.3 Å². The summed E-state index contributed by atoms with van der Waals surface area (Å²) in [7, 11) is 0. The molecular weight excluding hydrogens is 324 g/mol. The first kappa shape index (κ1) is 15.1. The molecule has 0 unspecified atom stereocenters. The molecule has 0 aliphatic carbocycles. The molecule has 2 N–H and O–H groups in total. The van der Waals surface area contributed by atoms with Gasteiger partial charge in [-0.1, -0.05) is 0 Å². The minimum Gasteiger partial charge on any atom is -0.480 e. The smallest absolute Gasteiger partial charge is 0.329 e. The maximum Gasteiger partial charge on any atom is 0.329 e. The maximum atomic E-state index is 11.4. The molecule has 0 fully saturated rings. The molecular formula is C10H9BrN2O6. The number of carboxylic acid groups (broad SMARTS) is 1. The van der Waals surface area contributed by atoms with Crippen molar-refractivity contribution < 1.29 is 24.4 Å². The number of rotatable bonds is 6. The van der Waals surface area contributed by atoms with Crippen LogP contribution in [0.1, 0.15) is 0 Å². The molecule has 0 atom stereocenters. The molecule has 0 spiro atoms. The topological polar surface area (TPSA) is 119 Å². The molecule has 1 aromatic rings. The van der Waals surface area contributed by atoms with Crippen LogP contribution in [0.15, 0.2) is 22.7 Å². The summed E-state index contributed by atoms with van der Waals surface area (Å²) in [6, 6.07) is 3.88. The number of nitro groups is 1. The number of benzene rings is 1. The Morgan fingerprint density at radius 1 is 1.42 bits per heavy atom. The predicted molar refractivity (Wildman–Crippen MR) is 67.9 cm³/mol. The van der Waals surface area contributed by atoms with E-state index in [2.05, 4.69) is 26.0 Å². The van der Waals surface area contributed by atoms with Gasteiger partial charge in [0.1, 0.15) is 13.2 Å². The summed E-state index contributed by atoms with van der Waals surface area (Å²) in [5.74, 6) is -1.80. The van der Waals surface area contributed by atoms with Crippen molar-refractivity contribution in [2.45, 2.75) is 0 Å². The summed E-state index contributed by atoms with van der Waals surface area (Å²) in [4.78, 5) is 31.6. The zero-order chi connectivity index (χ0) is 14.4. The molecule has 102 valence electrons. The predicted octanol–water partition coefficient (Wildman–Crippen LogP) is 1.40. The Kier molecular flexibility index (Phi) is 5.39. The molecule has 9 heteroatoms. The number of carbonyl (C=O) groups excluding carboxylic acids is 1. The molecule has 1 aromatic carbocycles. The average Bonchev–Trinajstić information content (AvgIpc) is 2.31. The lowest BCUT2D eigenvalue weighted by Crippen LogP contribution is -2.20. The first-order chi connectivity index (χ1) is 8.90. The van der Waals surface area contributed by atoms with E-state index in [0.29, 0.717) is 4.47 Å². The van der Waals surface area contributed by atoms with Crippen LogP contribution in [0, 0.1) is 10.1 Å². The molecule has 1 rings (SSSR count). The highest BCUT2D eigenvalue weighted by molar-refractivity contribution is 9.10. The number of hydrogen-bond acceptors (Lipinski definition) is 5. The van der Waals surface area contributed by atoms with Crippen LogP contribution >= 0.6 is 15.9 Å². The van der Waals surface area contributed by atoms with Crippen molar-refractivity contribution in [3.05, 3.63) is 32.8 Å². The van der Waals surface area contributed by atoms with E-state index in [9.17, 15) is 19.7 Å². The fourth-order valence-electron chi connectivity index (χ4n) is 1.14. The van der Waals surface area contributed by atoms with Crippen LogP contribution in [0.25, 0.3) is 0 Å². The summed E-state index contributed by atoms with van der Waals surface area (Å²) in [6.45, 7) is -1.05. The van der Waals surface area contributed by atoms with Gasteiger partial charge in [0.2, 0.25) is 5.91 Å². The number of ether oxygens (including phenoxy) is 1. The van der Waals surface area contributed by atoms with Crippen LogP contribution in [0.2, 0.25) is 0 Å². The van der Waals surface area contributed by atoms with Gasteiger partial charge in [0.25, 0.3) is 5.69 Å². The molecule has 1 amide bonds. The van der Waals surface area contributed by atoms with Gasteiger partial charge in [0.15, 0.2) is 0 Å². The van der Waals surface area contributed by atoms with Gasteiger partial charge in [0.05, 0.1) is 10.6 Å². The van der Waals surface area contributed by atoms with Crippen molar-refractivity contribution in [2.24, 2.45) is 0 Å². The van der Waals surface area contributed by atoms with Crippen molar-refractivity contribution in [3.8, 4) is 0 Å². The molecule has 0 saturated heterocycles. The third kappa shape index (κ3) is 5.02. The minimum atomic E-state index is -1.19. The summed E-state index contributed by atoms with van der Waals surface area (Å²) in [6.07, 6.45) is 0. The summed E-state index contributed by atoms with van der Waals surface area (Å²) < 4.78 is 5.05. The Morgan fingerprint density at radius 2 is 2.11 bits per heavy atom. The fraction of sp³-hybridized carbons (Fsp3) is 0.200. The fourth-order valence-corrected chi connectivity index (χ4v) is 1.49. The summed E-state index contributed by atoms with van der Waals surface area (Å²) >= 11 is 3.13. The van der Waals surface area contributed by atoms with Crippen LogP contribution in [0.5, 0.6) is 0 Å². The molecule has 8 nitrogen and oxygen atoms in total. The van der Waals surface area contributed by atoms with Gasteiger partial charge >= 0.3 is 5.97 Å². The number of aliphatic carboxylic acids is 1. The Hall–Kier alpha value is -2.00. The number of nitrogens with zero attached hydrogens (tertiary/aromatic N) is 1. The van der Waals surface area contributed by atoms with Crippen LogP contribution in [0.4, 0.5) is 11.4 Å². The Bertz CT molecular complexity index is 519. The number of nitro benzene ring substituents is 1. The Labute approximate surface area is 115 Å². The second-order valence-electron chi connectivity index (χ2n) is 3.36. The average molecular weight is 333 g/mol. The van der Waals surface area contributed by atoms with E-state index >= 15 is 0 Å². The molecule has 0 radical (unpaired) electrons. The van der Waals surface area contributed by atoms with Gasteiger partial charge in [-0.3, -0.25) is 14.9 Å². The number of halogens is 1. The van der Waals surface area contributed by atoms with Crippen molar-refractivity contribution in [1.29, 1.82) is 0 Å². The van der Waals surface area contributed by atoms with Crippen molar-refractivity contribution in [3.63, 3.8) is 0 Å². The highest BCUT2D eigenvalue weighted by atomic mass is 79.9. The largest absolute Gasteiger partial charge is 0.480 e. The third-order valence-corrected chi connectivity index (χ3v) is 2.59. The van der Waals surface area contributed by atoms with Crippen LogP contribution < -0.4 is 5.32 Å². The lowest BCUT2D eigenvalue weighted by molar-refractivity contribution is -0.384. The Morgan fingerprint density at radius 3 is 2.68 bits per heavy atom. The number of amides is 1. The molecule has 0 bridgehead atoms. The lowest BCUT2D eigenvalue weighted by Gasteiger charge is -2.07. The van der Waals surface area contributed by atoms with E-state index in [0.717, 1.165) is 0 Å². The van der Waals surface area contributed by atoms with E-state index in [1.807, 2.05) is 0 Å². The first-order valence-corrected chi connectivity index (χ1v) is 5.73. The van der Waals surface area contributed by atoms with E-state index in [4.69, 9.17) is 5.11 Å². The number of hydrogen-bond donors (Lipinski definition) is 2. The monoisotopic (exact) mass is 332 g/mol. The van der Waals surface area contributed by atoms with Gasteiger partial charge in [-0.25, -0.2) is 4.79 Å². The first-order valence-electron chi connectivity index (χ1n) is 4.93. The molecule has 0 heterocycles. The number of carboxylic acids is 1. The van der Waals surface area contributed by atoms with Crippen LogP contribution in [0.3, 0.4) is 0 Å². The quantitative estimate of drug-likeness (QED) is 0.600. The molecule has 0 aliphatic heterocycles. The molecule has 0 aliphatic rings. The summed E-state index contributed by atoms with van der Waals surface area (Å²) in [5.41, 5.74) is 0.0306. The SMILES string of the molecule is O=C(O)COCC(=O)Nc1cc([N+](=O)[O-])ccc1Br. The third-order valence-electron chi connectivity index (χ3n) is 1.89. The van der Waals surface area contributed by atoms with E-state index in [1.54, 1.807) is 0 Å². The standard InChI is InChI=1S/C10H9BrN2O6/c11-7-2-1-6(13(17)18)3-8(7)12-9(14)4-19-5-10(15)16/h1-3H,4-5H2,(H,12,14)(H,15,16). The normalized spacial score (nSPS) is 9.95. The van der Waals surface area contributed by atoms with E-state index in [1.165, 1.54) is 18.2 Å². The summed E-state index contributed by atoms with van der Waals surface area (Å²) in [5, 5.41) is 21.3. The van der Waals surface area contributed by atoms with Crippen molar-refractivity contribution >= 4 is 39.2 Å². The highest BCUT2D eigenvalue weighted by Gasteiger charge is 2.12. The Balaban J connectivity index is 2.65.